The molecule has 0 fully saturated rings. The minimum absolute atomic E-state index is 0.103. The van der Waals surface area contributed by atoms with Gasteiger partial charge in [0.25, 0.3) is 5.56 Å². The normalized spacial score (nSPS) is 10.8. The van der Waals surface area contributed by atoms with Gasteiger partial charge in [-0.1, -0.05) is 0 Å². The Balaban J connectivity index is 2.16. The van der Waals surface area contributed by atoms with Crippen LogP contribution < -0.4 is 15.0 Å². The Hall–Kier alpha value is -2.34. The van der Waals surface area contributed by atoms with Crippen LogP contribution in [-0.2, 0) is 0 Å². The van der Waals surface area contributed by atoms with Crippen LogP contribution in [0.4, 0.5) is 0 Å². The van der Waals surface area contributed by atoms with E-state index in [1.807, 2.05) is 24.3 Å². The highest BCUT2D eigenvalue weighted by molar-refractivity contribution is 7.22. The Kier molecular flexibility index (Phi) is 3.39. The highest BCUT2D eigenvalue weighted by Gasteiger charge is 2.11. The molecular weight excluding hydrogens is 288 g/mol. The number of nitrogens with zero attached hydrogens (tertiary/aromatic N) is 1. The molecule has 0 amide bonds. The summed E-state index contributed by atoms with van der Waals surface area (Å²) < 4.78 is 11.2. The predicted molar refractivity (Wildman–Crippen MR) is 83.5 cm³/mol. The van der Waals surface area contributed by atoms with E-state index in [9.17, 15) is 4.79 Å². The molecule has 0 radical (unpaired) electrons. The Morgan fingerprint density at radius 3 is 2.62 bits per heavy atom. The van der Waals surface area contributed by atoms with Crippen molar-refractivity contribution in [2.75, 3.05) is 14.2 Å². The Bertz CT molecular complexity index is 867. The van der Waals surface area contributed by atoms with Crippen molar-refractivity contribution >= 4 is 21.6 Å². The highest BCUT2D eigenvalue weighted by atomic mass is 32.1. The summed E-state index contributed by atoms with van der Waals surface area (Å²) in [6.45, 7) is 1.77. The molecular formula is C15H14N2O3S. The van der Waals surface area contributed by atoms with Gasteiger partial charge in [-0.3, -0.25) is 4.79 Å². The van der Waals surface area contributed by atoms with Crippen molar-refractivity contribution in [3.8, 4) is 21.9 Å². The average Bonchev–Trinajstić information content (AvgIpc) is 2.90. The van der Waals surface area contributed by atoms with Crippen molar-refractivity contribution in [3.63, 3.8) is 0 Å². The van der Waals surface area contributed by atoms with Crippen LogP contribution in [0, 0.1) is 6.92 Å². The first kappa shape index (κ1) is 13.6. The number of hydrogen-bond acceptors (Lipinski definition) is 5. The number of H-pyrrole nitrogens is 1. The lowest BCUT2D eigenvalue weighted by Gasteiger charge is -2.08. The molecule has 0 aliphatic heterocycles. The van der Waals surface area contributed by atoms with E-state index in [1.165, 1.54) is 11.3 Å². The van der Waals surface area contributed by atoms with Gasteiger partial charge in [-0.25, -0.2) is 4.98 Å². The largest absolute Gasteiger partial charge is 0.493 e. The van der Waals surface area contributed by atoms with Crippen LogP contribution in [-0.4, -0.2) is 24.2 Å². The van der Waals surface area contributed by atoms with Gasteiger partial charge in [0.15, 0.2) is 11.5 Å². The Morgan fingerprint density at radius 2 is 1.90 bits per heavy atom. The molecule has 3 aromatic rings. The number of thiophene rings is 1. The third kappa shape index (κ3) is 2.38. The lowest BCUT2D eigenvalue weighted by molar-refractivity contribution is 0.355. The third-order valence-corrected chi connectivity index (χ3v) is 4.34. The molecule has 2 aromatic heterocycles. The number of methoxy groups -OCH3 is 2. The Labute approximate surface area is 125 Å². The van der Waals surface area contributed by atoms with Crippen molar-refractivity contribution in [3.05, 3.63) is 40.4 Å². The molecule has 2 heterocycles. The number of aromatic amines is 1. The summed E-state index contributed by atoms with van der Waals surface area (Å²) in [4.78, 5) is 20.0. The first-order valence-corrected chi connectivity index (χ1v) is 7.17. The lowest BCUT2D eigenvalue weighted by atomic mass is 10.1. The van der Waals surface area contributed by atoms with E-state index in [0.717, 1.165) is 10.4 Å². The number of ether oxygens (including phenoxy) is 2. The van der Waals surface area contributed by atoms with Gasteiger partial charge in [0.05, 0.1) is 19.7 Å². The molecule has 0 atom stereocenters. The van der Waals surface area contributed by atoms with Crippen molar-refractivity contribution in [2.24, 2.45) is 0 Å². The monoisotopic (exact) mass is 302 g/mol. The topological polar surface area (TPSA) is 64.2 Å². The van der Waals surface area contributed by atoms with Crippen LogP contribution in [0.5, 0.6) is 11.5 Å². The second kappa shape index (κ2) is 5.21. The number of fused-ring (bicyclic) bond motifs is 1. The van der Waals surface area contributed by atoms with Crippen LogP contribution in [0.15, 0.2) is 29.1 Å². The van der Waals surface area contributed by atoms with Crippen molar-refractivity contribution < 1.29 is 9.47 Å². The smallest absolute Gasteiger partial charge is 0.268 e. The fourth-order valence-corrected chi connectivity index (χ4v) is 3.18. The Morgan fingerprint density at radius 1 is 1.14 bits per heavy atom. The van der Waals surface area contributed by atoms with Gasteiger partial charge >= 0.3 is 0 Å². The van der Waals surface area contributed by atoms with Crippen LogP contribution in [0.2, 0.25) is 0 Å². The molecule has 108 valence electrons. The van der Waals surface area contributed by atoms with Gasteiger partial charge in [-0.2, -0.15) is 0 Å². The number of rotatable bonds is 3. The van der Waals surface area contributed by atoms with Gasteiger partial charge in [0.2, 0.25) is 0 Å². The molecule has 1 aromatic carbocycles. The molecule has 0 aliphatic carbocycles. The van der Waals surface area contributed by atoms with Gasteiger partial charge in [0, 0.05) is 4.88 Å². The minimum Gasteiger partial charge on any atom is -0.493 e. The summed E-state index contributed by atoms with van der Waals surface area (Å²) in [6.07, 6.45) is 0. The molecule has 3 rings (SSSR count). The highest BCUT2D eigenvalue weighted by Crippen LogP contribution is 2.36. The second-order valence-electron chi connectivity index (χ2n) is 4.55. The summed E-state index contributed by atoms with van der Waals surface area (Å²) in [5, 5.41) is 0. The second-order valence-corrected chi connectivity index (χ2v) is 5.60. The van der Waals surface area contributed by atoms with Gasteiger partial charge in [-0.05, 0) is 36.8 Å². The first-order valence-electron chi connectivity index (χ1n) is 6.35. The number of hydrogen-bond donors (Lipinski definition) is 1. The maximum atomic E-state index is 11.9. The molecule has 0 unspecified atom stereocenters. The number of aryl methyl sites for hydroxylation is 1. The molecule has 0 spiro atoms. The van der Waals surface area contributed by atoms with Crippen LogP contribution >= 0.6 is 11.3 Å². The maximum absolute atomic E-state index is 11.9. The fourth-order valence-electron chi connectivity index (χ4n) is 2.19. The first-order chi connectivity index (χ1) is 10.1. The average molecular weight is 302 g/mol. The lowest BCUT2D eigenvalue weighted by Crippen LogP contribution is -2.07. The molecule has 0 bridgehead atoms. The molecule has 1 N–H and O–H groups in total. The van der Waals surface area contributed by atoms with Crippen molar-refractivity contribution in [2.45, 2.75) is 6.92 Å². The van der Waals surface area contributed by atoms with Crippen LogP contribution in [0.1, 0.15) is 5.82 Å². The number of aromatic nitrogens is 2. The maximum Gasteiger partial charge on any atom is 0.268 e. The molecule has 0 saturated carbocycles. The standard InChI is InChI=1S/C15H14N2O3S/c1-8-16-10-7-13(21-14(10)15(18)17-8)9-4-5-11(19-2)12(6-9)20-3/h4-7H,1-3H3,(H,16,17,18). The van der Waals surface area contributed by atoms with Crippen LogP contribution in [0.25, 0.3) is 20.7 Å². The molecule has 0 aliphatic rings. The van der Waals surface area contributed by atoms with Gasteiger partial charge < -0.3 is 14.5 Å². The van der Waals surface area contributed by atoms with E-state index in [0.29, 0.717) is 27.5 Å². The van der Waals surface area contributed by atoms with E-state index in [2.05, 4.69) is 9.97 Å². The summed E-state index contributed by atoms with van der Waals surface area (Å²) in [6, 6.07) is 7.60. The summed E-state index contributed by atoms with van der Waals surface area (Å²) in [5.74, 6) is 1.95. The SMILES string of the molecule is COc1ccc(-c2cc3nc(C)[nH]c(=O)c3s2)cc1OC. The van der Waals surface area contributed by atoms with E-state index in [-0.39, 0.29) is 5.56 Å². The minimum atomic E-state index is -0.103. The quantitative estimate of drug-likeness (QED) is 0.808. The summed E-state index contributed by atoms with van der Waals surface area (Å²) in [7, 11) is 3.20. The zero-order valence-electron chi connectivity index (χ0n) is 11.9. The summed E-state index contributed by atoms with van der Waals surface area (Å²) in [5.41, 5.74) is 1.58. The summed E-state index contributed by atoms with van der Waals surface area (Å²) >= 11 is 1.42. The third-order valence-electron chi connectivity index (χ3n) is 3.17. The predicted octanol–water partition coefficient (Wildman–Crippen LogP) is 2.98. The number of benzene rings is 1. The van der Waals surface area contributed by atoms with Crippen molar-refractivity contribution in [1.29, 1.82) is 0 Å². The molecule has 6 heteroatoms. The molecule has 21 heavy (non-hydrogen) atoms. The molecule has 5 nitrogen and oxygen atoms in total. The van der Waals surface area contributed by atoms with Gasteiger partial charge in [0.1, 0.15) is 10.5 Å². The van der Waals surface area contributed by atoms with E-state index in [1.54, 1.807) is 21.1 Å². The zero-order valence-corrected chi connectivity index (χ0v) is 12.7. The van der Waals surface area contributed by atoms with E-state index < -0.39 is 0 Å². The zero-order chi connectivity index (χ0) is 15.0. The van der Waals surface area contributed by atoms with E-state index in [4.69, 9.17) is 9.47 Å². The number of nitrogens with one attached hydrogen (secondary N) is 1. The van der Waals surface area contributed by atoms with Gasteiger partial charge in [-0.15, -0.1) is 11.3 Å². The van der Waals surface area contributed by atoms with E-state index >= 15 is 0 Å². The molecule has 0 saturated heterocycles. The van der Waals surface area contributed by atoms with Crippen molar-refractivity contribution in [1.82, 2.24) is 9.97 Å². The fraction of sp³-hybridized carbons (Fsp3) is 0.200. The van der Waals surface area contributed by atoms with Crippen LogP contribution in [0.3, 0.4) is 0 Å².